The molecule has 1 aliphatic carbocycles. The van der Waals surface area contributed by atoms with E-state index in [2.05, 4.69) is 71.7 Å². The minimum Gasteiger partial charge on any atom is -0.486 e. The molecule has 3 heteroatoms. The van der Waals surface area contributed by atoms with Gasteiger partial charge in [-0.1, -0.05) is 82.0 Å². The Morgan fingerprint density at radius 1 is 1.13 bits per heavy atom. The molecule has 1 heterocycles. The van der Waals surface area contributed by atoms with Crippen LogP contribution < -0.4 is 0 Å². The number of benzene rings is 1. The van der Waals surface area contributed by atoms with Gasteiger partial charge in [0.15, 0.2) is 5.76 Å². The molecule has 0 aliphatic heterocycles. The van der Waals surface area contributed by atoms with Crippen LogP contribution in [0.3, 0.4) is 0 Å². The predicted octanol–water partition coefficient (Wildman–Crippen LogP) is 7.68. The normalized spacial score (nSPS) is 19.5. The van der Waals surface area contributed by atoms with Crippen LogP contribution in [-0.4, -0.2) is 16.6 Å². The maximum absolute atomic E-state index is 5.53. The van der Waals surface area contributed by atoms with Gasteiger partial charge in [0.25, 0.3) is 0 Å². The molecule has 166 valence electrons. The first kappa shape index (κ1) is 24.6. The van der Waals surface area contributed by atoms with Gasteiger partial charge in [0.05, 0.1) is 12.2 Å². The molecule has 0 N–H and O–H groups in total. The van der Waals surface area contributed by atoms with E-state index in [4.69, 9.17) is 4.74 Å². The molecule has 0 spiro atoms. The Bertz CT molecular complexity index is 835. The number of rotatable bonds is 7. The highest BCUT2D eigenvalue weighted by atomic mass is 16.5. The first-order valence-electron chi connectivity index (χ1n) is 11.8. The van der Waals surface area contributed by atoms with Crippen molar-refractivity contribution in [2.45, 2.75) is 65.7 Å². The quantitative estimate of drug-likeness (QED) is 0.263. The van der Waals surface area contributed by atoms with Gasteiger partial charge in [0.1, 0.15) is 5.82 Å². The predicted molar refractivity (Wildman–Crippen MR) is 132 cm³/mol. The zero-order valence-corrected chi connectivity index (χ0v) is 19.7. The summed E-state index contributed by atoms with van der Waals surface area (Å²) in [6, 6.07) is 10.6. The number of nitrogens with zero attached hydrogens (tertiary/aromatic N) is 2. The van der Waals surface area contributed by atoms with Gasteiger partial charge in [-0.15, -0.1) is 0 Å². The molecule has 2 aromatic rings. The van der Waals surface area contributed by atoms with Crippen molar-refractivity contribution < 1.29 is 4.74 Å². The van der Waals surface area contributed by atoms with Crippen LogP contribution in [0.4, 0.5) is 0 Å². The van der Waals surface area contributed by atoms with Gasteiger partial charge in [-0.3, -0.25) is 0 Å². The third-order valence-electron chi connectivity index (χ3n) is 5.90. The second-order valence-electron chi connectivity index (χ2n) is 7.86. The van der Waals surface area contributed by atoms with Gasteiger partial charge in [-0.2, -0.15) is 0 Å². The highest BCUT2D eigenvalue weighted by Crippen LogP contribution is 2.36. The molecular weight excluding hydrogens is 380 g/mol. The first-order valence-corrected chi connectivity index (χ1v) is 11.8. The van der Waals surface area contributed by atoms with Crippen LogP contribution in [0.25, 0.3) is 11.8 Å². The zero-order valence-electron chi connectivity index (χ0n) is 19.7. The van der Waals surface area contributed by atoms with E-state index >= 15 is 0 Å². The Morgan fingerprint density at radius 3 is 2.48 bits per heavy atom. The summed E-state index contributed by atoms with van der Waals surface area (Å²) in [5.41, 5.74) is 4.95. The molecule has 1 aromatic heterocycles. The van der Waals surface area contributed by atoms with E-state index < -0.39 is 0 Å². The third kappa shape index (κ3) is 7.52. The average Bonchev–Trinajstić information content (AvgIpc) is 3.09. The van der Waals surface area contributed by atoms with Crippen molar-refractivity contribution >= 4 is 11.8 Å². The molecule has 1 aliphatic rings. The minimum absolute atomic E-state index is 0.447. The molecule has 1 fully saturated rings. The summed E-state index contributed by atoms with van der Waals surface area (Å²) in [7, 11) is 0. The maximum Gasteiger partial charge on any atom is 0.171 e. The molecule has 0 amide bonds. The standard InChI is InChI=1S/C26H32N2O.C2H6/c1-4-25(29-5-2)24-18-27-26(28-19-24)23-13-9-12-22(16-17-23)20(3)14-15-21-10-7-6-8-11-21;1-2/h6-8,10-11,14-15,18-20,22-23H,1,5,9,12-13,16-17H2,2-3H3;1-2H3/b15-14+;. The first-order chi connectivity index (χ1) is 15.2. The van der Waals surface area contributed by atoms with Crippen LogP contribution in [0.5, 0.6) is 0 Å². The molecule has 3 unspecified atom stereocenters. The molecule has 3 rings (SSSR count). The Labute approximate surface area is 189 Å². The van der Waals surface area contributed by atoms with E-state index in [1.807, 2.05) is 33.2 Å². The second kappa shape index (κ2) is 13.6. The summed E-state index contributed by atoms with van der Waals surface area (Å²) in [6.45, 7) is 12.6. The molecule has 0 radical (unpaired) electrons. The summed E-state index contributed by atoms with van der Waals surface area (Å²) in [5.74, 6) is 3.35. The molecule has 3 nitrogen and oxygen atoms in total. The number of hydrogen-bond acceptors (Lipinski definition) is 3. The van der Waals surface area contributed by atoms with Crippen molar-refractivity contribution in [1.29, 1.82) is 0 Å². The highest BCUT2D eigenvalue weighted by molar-refractivity contribution is 5.56. The fourth-order valence-corrected chi connectivity index (χ4v) is 4.15. The van der Waals surface area contributed by atoms with Crippen molar-refractivity contribution in [1.82, 2.24) is 9.97 Å². The number of hydrogen-bond donors (Lipinski definition) is 0. The van der Waals surface area contributed by atoms with Gasteiger partial charge in [-0.05, 0) is 50.0 Å². The van der Waals surface area contributed by atoms with Gasteiger partial charge in [-0.25, -0.2) is 9.97 Å². The molecule has 0 saturated heterocycles. The smallest absolute Gasteiger partial charge is 0.171 e. The van der Waals surface area contributed by atoms with E-state index in [1.165, 1.54) is 31.2 Å². The van der Waals surface area contributed by atoms with Gasteiger partial charge < -0.3 is 4.74 Å². The fourth-order valence-electron chi connectivity index (χ4n) is 4.15. The van der Waals surface area contributed by atoms with Crippen LogP contribution in [-0.2, 0) is 4.74 Å². The van der Waals surface area contributed by atoms with Gasteiger partial charge in [0.2, 0.25) is 0 Å². The molecule has 31 heavy (non-hydrogen) atoms. The zero-order chi connectivity index (χ0) is 22.5. The second-order valence-corrected chi connectivity index (χ2v) is 7.86. The van der Waals surface area contributed by atoms with E-state index in [1.54, 1.807) is 0 Å². The fraction of sp³-hybridized carbons (Fsp3) is 0.464. The monoisotopic (exact) mass is 418 g/mol. The van der Waals surface area contributed by atoms with Gasteiger partial charge >= 0.3 is 0 Å². The summed E-state index contributed by atoms with van der Waals surface area (Å²) >= 11 is 0. The Morgan fingerprint density at radius 2 is 1.84 bits per heavy atom. The van der Waals surface area contributed by atoms with Crippen LogP contribution >= 0.6 is 0 Å². The van der Waals surface area contributed by atoms with E-state index in [9.17, 15) is 0 Å². The van der Waals surface area contributed by atoms with Crippen LogP contribution in [0.1, 0.15) is 82.7 Å². The van der Waals surface area contributed by atoms with E-state index in [-0.39, 0.29) is 0 Å². The highest BCUT2D eigenvalue weighted by Gasteiger charge is 2.24. The molecule has 1 saturated carbocycles. The largest absolute Gasteiger partial charge is 0.486 e. The number of ether oxygens (including phenoxy) is 1. The van der Waals surface area contributed by atoms with E-state index in [0.29, 0.717) is 24.2 Å². The summed E-state index contributed by atoms with van der Waals surface area (Å²) in [4.78, 5) is 9.29. The Hall–Kier alpha value is -2.64. The van der Waals surface area contributed by atoms with Crippen LogP contribution in [0, 0.1) is 11.8 Å². The lowest BCUT2D eigenvalue weighted by molar-refractivity contribution is 0.298. The topological polar surface area (TPSA) is 35.0 Å². The number of allylic oxidation sites excluding steroid dienone is 1. The SMILES string of the molecule is C=C=C(OCC)c1cnc(C2CCCC(C(C)/C=C/c3ccccc3)CC2)nc1.CC. The minimum atomic E-state index is 0.447. The Balaban J connectivity index is 0.00000166. The van der Waals surface area contributed by atoms with Crippen LogP contribution in [0.2, 0.25) is 0 Å². The lowest BCUT2D eigenvalue weighted by Crippen LogP contribution is -2.09. The number of aromatic nitrogens is 2. The Kier molecular flexibility index (Phi) is 10.8. The lowest BCUT2D eigenvalue weighted by Gasteiger charge is -2.19. The van der Waals surface area contributed by atoms with Crippen molar-refractivity contribution in [3.63, 3.8) is 0 Å². The van der Waals surface area contributed by atoms with Crippen molar-refractivity contribution in [2.24, 2.45) is 11.8 Å². The van der Waals surface area contributed by atoms with E-state index in [0.717, 1.165) is 23.7 Å². The average molecular weight is 419 g/mol. The molecule has 1 aromatic carbocycles. The van der Waals surface area contributed by atoms with Crippen molar-refractivity contribution in [2.75, 3.05) is 6.61 Å². The molecular formula is C28H38N2O. The van der Waals surface area contributed by atoms with Crippen LogP contribution in [0.15, 0.2) is 61.1 Å². The van der Waals surface area contributed by atoms with Gasteiger partial charge in [0, 0.05) is 18.3 Å². The summed E-state index contributed by atoms with van der Waals surface area (Å²) in [6.07, 6.45) is 14.4. The third-order valence-corrected chi connectivity index (χ3v) is 5.90. The lowest BCUT2D eigenvalue weighted by atomic mass is 9.86. The summed E-state index contributed by atoms with van der Waals surface area (Å²) < 4.78 is 5.53. The van der Waals surface area contributed by atoms with Crippen molar-refractivity contribution in [3.8, 4) is 0 Å². The maximum atomic E-state index is 5.53. The molecule has 0 bridgehead atoms. The summed E-state index contributed by atoms with van der Waals surface area (Å²) in [5, 5.41) is 0. The molecule has 3 atom stereocenters. The van der Waals surface area contributed by atoms with Crippen molar-refractivity contribution in [3.05, 3.63) is 78.1 Å².